The molecule has 14 heavy (non-hydrogen) atoms. The smallest absolute Gasteiger partial charge is 0.320 e. The van der Waals surface area contributed by atoms with Crippen molar-refractivity contribution in [3.05, 3.63) is 29.1 Å². The fourth-order valence-electron chi connectivity index (χ4n) is 1.18. The first-order valence-corrected chi connectivity index (χ1v) is 4.42. The summed E-state index contributed by atoms with van der Waals surface area (Å²) >= 11 is 0. The SMILES string of the molecule is Cc1ccc(C)c(CC(N)C(=O)O)n1. The highest BCUT2D eigenvalue weighted by Crippen LogP contribution is 2.08. The van der Waals surface area contributed by atoms with Gasteiger partial charge in [0.15, 0.2) is 0 Å². The van der Waals surface area contributed by atoms with Gasteiger partial charge in [-0.2, -0.15) is 0 Å². The summed E-state index contributed by atoms with van der Waals surface area (Å²) in [6, 6.07) is 2.94. The van der Waals surface area contributed by atoms with E-state index >= 15 is 0 Å². The minimum Gasteiger partial charge on any atom is -0.480 e. The van der Waals surface area contributed by atoms with Crippen LogP contribution in [0, 0.1) is 13.8 Å². The van der Waals surface area contributed by atoms with Gasteiger partial charge in [-0.1, -0.05) is 6.07 Å². The van der Waals surface area contributed by atoms with Gasteiger partial charge in [-0.15, -0.1) is 0 Å². The molecule has 0 amide bonds. The number of carboxylic acids is 1. The normalized spacial score (nSPS) is 12.5. The maximum absolute atomic E-state index is 10.5. The molecule has 0 bridgehead atoms. The van der Waals surface area contributed by atoms with Crippen molar-refractivity contribution in [3.63, 3.8) is 0 Å². The van der Waals surface area contributed by atoms with Crippen LogP contribution in [0.4, 0.5) is 0 Å². The van der Waals surface area contributed by atoms with Crippen molar-refractivity contribution >= 4 is 5.97 Å². The van der Waals surface area contributed by atoms with E-state index in [4.69, 9.17) is 10.8 Å². The molecule has 0 aliphatic heterocycles. The van der Waals surface area contributed by atoms with E-state index in [1.165, 1.54) is 0 Å². The van der Waals surface area contributed by atoms with Crippen LogP contribution >= 0.6 is 0 Å². The van der Waals surface area contributed by atoms with Crippen LogP contribution in [0.5, 0.6) is 0 Å². The lowest BCUT2D eigenvalue weighted by Crippen LogP contribution is -2.32. The number of aromatic nitrogens is 1. The molecule has 1 aromatic heterocycles. The Labute approximate surface area is 82.8 Å². The highest BCUT2D eigenvalue weighted by molar-refractivity contribution is 5.73. The standard InChI is InChI=1S/C10H14N2O2/c1-6-3-4-7(2)12-9(6)5-8(11)10(13)14/h3-4,8H,5,11H2,1-2H3,(H,13,14). The van der Waals surface area contributed by atoms with Crippen LogP contribution in [0.15, 0.2) is 12.1 Å². The number of hydrogen-bond donors (Lipinski definition) is 2. The van der Waals surface area contributed by atoms with E-state index in [2.05, 4.69) is 4.98 Å². The average molecular weight is 194 g/mol. The number of rotatable bonds is 3. The molecule has 0 spiro atoms. The molecule has 0 saturated carbocycles. The maximum atomic E-state index is 10.5. The molecule has 3 N–H and O–H groups in total. The monoisotopic (exact) mass is 194 g/mol. The summed E-state index contributed by atoms with van der Waals surface area (Å²) in [6.07, 6.45) is 0.281. The third-order valence-electron chi connectivity index (χ3n) is 2.07. The van der Waals surface area contributed by atoms with E-state index in [1.54, 1.807) is 0 Å². The summed E-state index contributed by atoms with van der Waals surface area (Å²) < 4.78 is 0. The molecule has 1 rings (SSSR count). The Morgan fingerprint density at radius 1 is 1.57 bits per heavy atom. The lowest BCUT2D eigenvalue weighted by Gasteiger charge is -2.08. The van der Waals surface area contributed by atoms with Gasteiger partial charge in [-0.05, 0) is 25.5 Å². The number of pyridine rings is 1. The Balaban J connectivity index is 2.85. The van der Waals surface area contributed by atoms with Crippen LogP contribution in [0.25, 0.3) is 0 Å². The van der Waals surface area contributed by atoms with Crippen molar-refractivity contribution in [2.24, 2.45) is 5.73 Å². The Kier molecular flexibility index (Phi) is 3.19. The van der Waals surface area contributed by atoms with Crippen LogP contribution in [-0.2, 0) is 11.2 Å². The molecule has 0 fully saturated rings. The Morgan fingerprint density at radius 2 is 2.21 bits per heavy atom. The zero-order valence-corrected chi connectivity index (χ0v) is 8.32. The molecular weight excluding hydrogens is 180 g/mol. The summed E-state index contributed by atoms with van der Waals surface area (Å²) in [7, 11) is 0. The van der Waals surface area contributed by atoms with Gasteiger partial charge in [-0.3, -0.25) is 9.78 Å². The third kappa shape index (κ3) is 2.53. The summed E-state index contributed by atoms with van der Waals surface area (Å²) in [5, 5.41) is 8.65. The molecule has 4 nitrogen and oxygen atoms in total. The van der Waals surface area contributed by atoms with E-state index in [0.29, 0.717) is 0 Å². The zero-order chi connectivity index (χ0) is 10.7. The number of nitrogens with zero attached hydrogens (tertiary/aromatic N) is 1. The number of carboxylic acid groups (broad SMARTS) is 1. The van der Waals surface area contributed by atoms with Crippen molar-refractivity contribution < 1.29 is 9.90 Å². The largest absolute Gasteiger partial charge is 0.480 e. The quantitative estimate of drug-likeness (QED) is 0.740. The molecule has 0 radical (unpaired) electrons. The highest BCUT2D eigenvalue weighted by Gasteiger charge is 2.14. The van der Waals surface area contributed by atoms with E-state index in [1.807, 2.05) is 26.0 Å². The Bertz CT molecular complexity index is 350. The minimum atomic E-state index is -0.993. The van der Waals surface area contributed by atoms with E-state index in [0.717, 1.165) is 17.0 Å². The summed E-state index contributed by atoms with van der Waals surface area (Å²) in [5.41, 5.74) is 8.05. The molecule has 1 heterocycles. The predicted molar refractivity (Wildman–Crippen MR) is 53.0 cm³/mol. The van der Waals surface area contributed by atoms with Gasteiger partial charge in [0.05, 0.1) is 0 Å². The molecule has 1 aromatic rings. The van der Waals surface area contributed by atoms with Gasteiger partial charge in [0.2, 0.25) is 0 Å². The molecule has 76 valence electrons. The second-order valence-electron chi connectivity index (χ2n) is 3.37. The predicted octanol–water partition coefficient (Wildman–Crippen LogP) is 0.653. The number of nitrogens with two attached hydrogens (primary N) is 1. The molecule has 0 aliphatic rings. The average Bonchev–Trinajstić information content (AvgIpc) is 2.11. The van der Waals surface area contributed by atoms with Crippen molar-refractivity contribution in [1.82, 2.24) is 4.98 Å². The zero-order valence-electron chi connectivity index (χ0n) is 8.32. The first kappa shape index (κ1) is 10.7. The Morgan fingerprint density at radius 3 is 2.79 bits per heavy atom. The number of carbonyl (C=O) groups is 1. The first-order chi connectivity index (χ1) is 6.50. The highest BCUT2D eigenvalue weighted by atomic mass is 16.4. The second kappa shape index (κ2) is 4.19. The van der Waals surface area contributed by atoms with E-state index < -0.39 is 12.0 Å². The molecule has 0 aliphatic carbocycles. The van der Waals surface area contributed by atoms with Gasteiger partial charge in [0, 0.05) is 17.8 Å². The van der Waals surface area contributed by atoms with Crippen LogP contribution in [0.1, 0.15) is 17.0 Å². The van der Waals surface area contributed by atoms with Crippen molar-refractivity contribution in [2.75, 3.05) is 0 Å². The third-order valence-corrected chi connectivity index (χ3v) is 2.07. The van der Waals surface area contributed by atoms with Gasteiger partial charge in [0.25, 0.3) is 0 Å². The minimum absolute atomic E-state index is 0.281. The van der Waals surface area contributed by atoms with Gasteiger partial charge >= 0.3 is 5.97 Å². The molecule has 1 unspecified atom stereocenters. The summed E-state index contributed by atoms with van der Waals surface area (Å²) in [6.45, 7) is 3.77. The number of aliphatic carboxylic acids is 1. The maximum Gasteiger partial charge on any atom is 0.320 e. The lowest BCUT2D eigenvalue weighted by molar-refractivity contribution is -0.138. The van der Waals surface area contributed by atoms with Crippen molar-refractivity contribution in [1.29, 1.82) is 0 Å². The van der Waals surface area contributed by atoms with Crippen molar-refractivity contribution in [3.8, 4) is 0 Å². The van der Waals surface area contributed by atoms with E-state index in [9.17, 15) is 4.79 Å². The molecule has 0 aromatic carbocycles. The van der Waals surface area contributed by atoms with Crippen LogP contribution in [0.3, 0.4) is 0 Å². The fraction of sp³-hybridized carbons (Fsp3) is 0.400. The Hall–Kier alpha value is -1.42. The molecular formula is C10H14N2O2. The fourth-order valence-corrected chi connectivity index (χ4v) is 1.18. The van der Waals surface area contributed by atoms with Crippen LogP contribution in [-0.4, -0.2) is 22.1 Å². The molecule has 0 saturated heterocycles. The summed E-state index contributed by atoms with van der Waals surface area (Å²) in [4.78, 5) is 14.8. The lowest BCUT2D eigenvalue weighted by atomic mass is 10.1. The number of aryl methyl sites for hydroxylation is 2. The van der Waals surface area contributed by atoms with Crippen molar-refractivity contribution in [2.45, 2.75) is 26.3 Å². The van der Waals surface area contributed by atoms with Crippen LogP contribution in [0.2, 0.25) is 0 Å². The molecule has 4 heteroatoms. The second-order valence-corrected chi connectivity index (χ2v) is 3.37. The van der Waals surface area contributed by atoms with Crippen LogP contribution < -0.4 is 5.73 Å². The van der Waals surface area contributed by atoms with Gasteiger partial charge in [-0.25, -0.2) is 0 Å². The molecule has 1 atom stereocenters. The topological polar surface area (TPSA) is 76.2 Å². The van der Waals surface area contributed by atoms with Gasteiger partial charge in [0.1, 0.15) is 6.04 Å². The summed E-state index contributed by atoms with van der Waals surface area (Å²) in [5.74, 6) is -0.993. The van der Waals surface area contributed by atoms with Gasteiger partial charge < -0.3 is 10.8 Å². The van der Waals surface area contributed by atoms with E-state index in [-0.39, 0.29) is 6.42 Å². The first-order valence-electron chi connectivity index (χ1n) is 4.42. The number of hydrogen-bond acceptors (Lipinski definition) is 3.